The van der Waals surface area contributed by atoms with Gasteiger partial charge in [0.05, 0.1) is 20.3 Å². The van der Waals surface area contributed by atoms with Gasteiger partial charge in [0, 0.05) is 37.6 Å². The lowest BCUT2D eigenvalue weighted by atomic mass is 10.2. The average molecular weight is 464 g/mol. The number of para-hydroxylation sites is 2. The highest BCUT2D eigenvalue weighted by Gasteiger charge is 2.52. The van der Waals surface area contributed by atoms with Crippen LogP contribution in [-0.2, 0) is 9.30 Å². The predicted molar refractivity (Wildman–Crippen MR) is 133 cm³/mol. The van der Waals surface area contributed by atoms with Crippen LogP contribution in [0.4, 0.5) is 11.4 Å². The Hall–Kier alpha value is -2.79. The van der Waals surface area contributed by atoms with Gasteiger partial charge in [0.2, 0.25) is 0 Å². The number of morpholine rings is 1. The summed E-state index contributed by atoms with van der Waals surface area (Å²) in [7, 11) is -1.49. The topological polar surface area (TPSA) is 45.3 Å². The van der Waals surface area contributed by atoms with E-state index >= 15 is 4.57 Å². The fourth-order valence-corrected chi connectivity index (χ4v) is 8.56. The van der Waals surface area contributed by atoms with Crippen molar-refractivity contribution in [1.29, 1.82) is 0 Å². The Labute approximate surface area is 195 Å². The van der Waals surface area contributed by atoms with Gasteiger partial charge in [-0.05, 0) is 42.0 Å². The molecule has 33 heavy (non-hydrogen) atoms. The lowest BCUT2D eigenvalue weighted by molar-refractivity contribution is 0.0303. The van der Waals surface area contributed by atoms with Crippen molar-refractivity contribution >= 4 is 18.8 Å². The van der Waals surface area contributed by atoms with Crippen LogP contribution in [-0.4, -0.2) is 51.4 Å². The van der Waals surface area contributed by atoms with Crippen molar-refractivity contribution < 1.29 is 14.0 Å². The zero-order valence-corrected chi connectivity index (χ0v) is 19.8. The third kappa shape index (κ3) is 4.15. The van der Waals surface area contributed by atoms with Gasteiger partial charge < -0.3 is 18.8 Å². The molecular weight excluding hydrogens is 433 g/mol. The maximum atomic E-state index is 15.6. The highest BCUT2D eigenvalue weighted by atomic mass is 31.2. The number of methoxy groups -OCH3 is 1. The molecule has 0 spiro atoms. The van der Waals surface area contributed by atoms with Crippen LogP contribution in [0.15, 0.2) is 84.9 Å². The van der Waals surface area contributed by atoms with Crippen LogP contribution in [0.3, 0.4) is 0 Å². The smallest absolute Gasteiger partial charge is 0.284 e. The van der Waals surface area contributed by atoms with Crippen molar-refractivity contribution in [2.45, 2.75) is 5.78 Å². The Kier molecular flexibility index (Phi) is 6.41. The molecule has 6 nitrogen and oxygen atoms in total. The molecule has 0 radical (unpaired) electrons. The highest BCUT2D eigenvalue weighted by Crippen LogP contribution is 2.69. The Morgan fingerprint density at radius 3 is 1.76 bits per heavy atom. The van der Waals surface area contributed by atoms with E-state index in [-0.39, 0.29) is 5.78 Å². The van der Waals surface area contributed by atoms with E-state index in [1.165, 1.54) is 0 Å². The third-order valence-electron chi connectivity index (χ3n) is 6.45. The van der Waals surface area contributed by atoms with Crippen LogP contribution in [0.5, 0.6) is 5.75 Å². The second-order valence-electron chi connectivity index (χ2n) is 8.30. The van der Waals surface area contributed by atoms with Gasteiger partial charge in [0.25, 0.3) is 7.44 Å². The molecule has 1 unspecified atom stereocenters. The molecule has 7 heteroatoms. The summed E-state index contributed by atoms with van der Waals surface area (Å²) >= 11 is 0. The maximum absolute atomic E-state index is 15.6. The summed E-state index contributed by atoms with van der Waals surface area (Å²) in [6.45, 7) is 4.17. The third-order valence-corrected chi connectivity index (χ3v) is 9.96. The second kappa shape index (κ2) is 9.60. The molecule has 1 atom stereocenters. The predicted octanol–water partition coefficient (Wildman–Crippen LogP) is 5.25. The van der Waals surface area contributed by atoms with Gasteiger partial charge in [-0.15, -0.1) is 0 Å². The van der Waals surface area contributed by atoms with Crippen molar-refractivity contribution in [3.05, 3.63) is 90.5 Å². The van der Waals surface area contributed by atoms with Crippen molar-refractivity contribution in [2.24, 2.45) is 0 Å². The molecule has 0 N–H and O–H groups in total. The van der Waals surface area contributed by atoms with Crippen LogP contribution >= 0.6 is 7.44 Å². The molecule has 2 fully saturated rings. The molecule has 3 aromatic carbocycles. The number of hydrogen-bond acceptors (Lipinski definition) is 4. The molecule has 0 aromatic heterocycles. The zero-order chi connectivity index (χ0) is 22.7. The van der Waals surface area contributed by atoms with E-state index in [1.54, 1.807) is 7.11 Å². The largest absolute Gasteiger partial charge is 0.497 e. The first-order valence-corrected chi connectivity index (χ1v) is 13.1. The molecule has 5 rings (SSSR count). The van der Waals surface area contributed by atoms with Gasteiger partial charge in [0.1, 0.15) is 11.5 Å². The van der Waals surface area contributed by atoms with Gasteiger partial charge in [0.15, 0.2) is 0 Å². The van der Waals surface area contributed by atoms with Crippen LogP contribution in [0, 0.1) is 0 Å². The first-order chi connectivity index (χ1) is 16.2. The molecule has 0 bridgehead atoms. The number of benzene rings is 3. The van der Waals surface area contributed by atoms with E-state index in [0.29, 0.717) is 26.3 Å². The number of nitrogens with zero attached hydrogens (tertiary/aromatic N) is 3. The summed E-state index contributed by atoms with van der Waals surface area (Å²) in [5.74, 6) is 0.499. The highest BCUT2D eigenvalue weighted by molar-refractivity contribution is 7.67. The minimum Gasteiger partial charge on any atom is -0.497 e. The SMILES string of the molecule is COc1ccc(C(N2CCOCC2)P2(=O)N(c3ccccc3)CCN2c2ccccc2)cc1. The van der Waals surface area contributed by atoms with Gasteiger partial charge in [-0.3, -0.25) is 9.46 Å². The summed E-state index contributed by atoms with van der Waals surface area (Å²) in [6, 6.07) is 28.4. The lowest BCUT2D eigenvalue weighted by Gasteiger charge is -2.44. The molecule has 2 heterocycles. The quantitative estimate of drug-likeness (QED) is 0.466. The summed E-state index contributed by atoms with van der Waals surface area (Å²) < 4.78 is 30.9. The number of hydrogen-bond donors (Lipinski definition) is 0. The Morgan fingerprint density at radius 2 is 1.27 bits per heavy atom. The van der Waals surface area contributed by atoms with Crippen LogP contribution in [0.1, 0.15) is 11.3 Å². The van der Waals surface area contributed by atoms with Crippen LogP contribution in [0.2, 0.25) is 0 Å². The standard InChI is InChI=1S/C26H30N3O3P/c1-31-25-14-12-22(13-15-25)26(27-18-20-32-21-19-27)33(30)28(23-8-4-2-5-9-23)16-17-29(33)24-10-6-3-7-11-24/h2-15,26H,16-21H2,1H3. The first-order valence-electron chi connectivity index (χ1n) is 11.4. The summed E-state index contributed by atoms with van der Waals surface area (Å²) in [5, 5.41) is 0. The van der Waals surface area contributed by atoms with E-state index in [1.807, 2.05) is 48.5 Å². The normalized spacial score (nSPS) is 19.4. The van der Waals surface area contributed by atoms with Gasteiger partial charge >= 0.3 is 0 Å². The van der Waals surface area contributed by atoms with Gasteiger partial charge in [-0.25, -0.2) is 0 Å². The fraction of sp³-hybridized carbons (Fsp3) is 0.308. The molecule has 3 aromatic rings. The number of anilines is 2. The molecule has 2 aliphatic heterocycles. The summed E-state index contributed by atoms with van der Waals surface area (Å²) in [4.78, 5) is 2.34. The monoisotopic (exact) mass is 463 g/mol. The minimum absolute atomic E-state index is 0.296. The molecular formula is C26H30N3O3P. The second-order valence-corrected chi connectivity index (χ2v) is 10.9. The lowest BCUT2D eigenvalue weighted by Crippen LogP contribution is -2.42. The number of ether oxygens (including phenoxy) is 2. The van der Waals surface area contributed by atoms with Crippen molar-refractivity contribution in [3.63, 3.8) is 0 Å². The molecule has 0 saturated carbocycles. The summed E-state index contributed by atoms with van der Waals surface area (Å²) in [5.41, 5.74) is 3.02. The van der Waals surface area contributed by atoms with Crippen LogP contribution in [0.25, 0.3) is 0 Å². The Morgan fingerprint density at radius 1 is 0.758 bits per heavy atom. The van der Waals surface area contributed by atoms with Crippen molar-refractivity contribution in [3.8, 4) is 5.75 Å². The van der Waals surface area contributed by atoms with E-state index in [9.17, 15) is 0 Å². The fourth-order valence-electron chi connectivity index (χ4n) is 4.88. The maximum Gasteiger partial charge on any atom is 0.284 e. The molecule has 0 amide bonds. The van der Waals surface area contributed by atoms with Crippen molar-refractivity contribution in [1.82, 2.24) is 4.90 Å². The first kappa shape index (κ1) is 22.0. The molecule has 0 aliphatic carbocycles. The average Bonchev–Trinajstić information content (AvgIpc) is 3.23. The van der Waals surface area contributed by atoms with Gasteiger partial charge in [-0.2, -0.15) is 0 Å². The molecule has 172 valence electrons. The Balaban J connectivity index is 1.67. The zero-order valence-electron chi connectivity index (χ0n) is 18.9. The summed E-state index contributed by atoms with van der Waals surface area (Å²) in [6.07, 6.45) is 0. The van der Waals surface area contributed by atoms with Crippen molar-refractivity contribution in [2.75, 3.05) is 55.8 Å². The van der Waals surface area contributed by atoms with E-state index in [0.717, 1.165) is 35.8 Å². The van der Waals surface area contributed by atoms with Gasteiger partial charge in [-0.1, -0.05) is 48.5 Å². The molecule has 2 saturated heterocycles. The van der Waals surface area contributed by atoms with E-state index in [4.69, 9.17) is 9.47 Å². The van der Waals surface area contributed by atoms with E-state index in [2.05, 4.69) is 50.6 Å². The minimum atomic E-state index is -3.16. The Bertz CT molecular complexity index is 1040. The number of rotatable bonds is 6. The van der Waals surface area contributed by atoms with Crippen LogP contribution < -0.4 is 14.1 Å². The molecule has 2 aliphatic rings. The van der Waals surface area contributed by atoms with E-state index < -0.39 is 7.44 Å².